The van der Waals surface area contributed by atoms with E-state index < -0.39 is 0 Å². The molecule has 0 amide bonds. The molecular weight excluding hydrogens is 362 g/mol. The van der Waals surface area contributed by atoms with Gasteiger partial charge in [0.25, 0.3) is 0 Å². The largest absolute Gasteiger partial charge is 0.314 e. The van der Waals surface area contributed by atoms with Gasteiger partial charge in [-0.2, -0.15) is 0 Å². The first-order chi connectivity index (χ1) is 14.8. The smallest absolute Gasteiger partial charge is 0.00387 e. The Balaban J connectivity index is 3.12. The van der Waals surface area contributed by atoms with Gasteiger partial charge in [0, 0.05) is 6.04 Å². The fourth-order valence-electron chi connectivity index (χ4n) is 4.53. The van der Waals surface area contributed by atoms with E-state index >= 15 is 0 Å². The van der Waals surface area contributed by atoms with E-state index in [1.807, 2.05) is 0 Å². The molecule has 30 heavy (non-hydrogen) atoms. The average molecular weight is 424 g/mol. The number of unbranched alkanes of at least 4 members (excludes halogenated alkanes) is 21. The van der Waals surface area contributed by atoms with E-state index in [0.717, 1.165) is 6.04 Å². The third kappa shape index (κ3) is 26.0. The van der Waals surface area contributed by atoms with E-state index in [2.05, 4.69) is 26.1 Å². The topological polar surface area (TPSA) is 12.0 Å². The zero-order chi connectivity index (χ0) is 22.0. The molecule has 0 aromatic carbocycles. The van der Waals surface area contributed by atoms with Crippen molar-refractivity contribution in [3.63, 3.8) is 0 Å². The standard InChI is InChI=1S/C29H61N/c1-4-6-8-10-12-14-16-17-18-19-21-23-25-27-29(3)30-28-26-24-22-20-15-13-11-9-7-5-2/h29-30H,4-28H2,1-3H3. The van der Waals surface area contributed by atoms with E-state index in [9.17, 15) is 0 Å². The molecule has 0 aliphatic heterocycles. The maximum atomic E-state index is 3.75. The maximum absolute atomic E-state index is 3.75. The van der Waals surface area contributed by atoms with Crippen LogP contribution >= 0.6 is 0 Å². The van der Waals surface area contributed by atoms with Crippen molar-refractivity contribution < 1.29 is 0 Å². The van der Waals surface area contributed by atoms with Crippen molar-refractivity contribution in [3.8, 4) is 0 Å². The average Bonchev–Trinajstić information content (AvgIpc) is 2.75. The summed E-state index contributed by atoms with van der Waals surface area (Å²) in [6.07, 6.45) is 34.6. The fraction of sp³-hybridized carbons (Fsp3) is 1.00. The quantitative estimate of drug-likeness (QED) is 0.136. The lowest BCUT2D eigenvalue weighted by Gasteiger charge is -2.13. The molecule has 1 heteroatoms. The van der Waals surface area contributed by atoms with Gasteiger partial charge in [-0.25, -0.2) is 0 Å². The van der Waals surface area contributed by atoms with Gasteiger partial charge in [0.1, 0.15) is 0 Å². The van der Waals surface area contributed by atoms with Gasteiger partial charge in [-0.15, -0.1) is 0 Å². The SMILES string of the molecule is CCCCCCCCCCCCCCCC(C)NCCCCCCCCCCCC. The molecule has 182 valence electrons. The molecule has 0 aromatic rings. The zero-order valence-corrected chi connectivity index (χ0v) is 21.8. The lowest BCUT2D eigenvalue weighted by Crippen LogP contribution is -2.26. The Morgan fingerprint density at radius 1 is 0.400 bits per heavy atom. The van der Waals surface area contributed by atoms with Crippen molar-refractivity contribution in [1.29, 1.82) is 0 Å². The molecule has 1 N–H and O–H groups in total. The van der Waals surface area contributed by atoms with Crippen LogP contribution in [0.4, 0.5) is 0 Å². The summed E-state index contributed by atoms with van der Waals surface area (Å²) in [6, 6.07) is 0.719. The van der Waals surface area contributed by atoms with Gasteiger partial charge in [-0.3, -0.25) is 0 Å². The first-order valence-electron chi connectivity index (χ1n) is 14.5. The molecular formula is C29H61N. The van der Waals surface area contributed by atoms with Gasteiger partial charge in [-0.1, -0.05) is 155 Å². The molecule has 0 spiro atoms. The van der Waals surface area contributed by atoms with Crippen LogP contribution in [0.3, 0.4) is 0 Å². The van der Waals surface area contributed by atoms with Crippen LogP contribution < -0.4 is 5.32 Å². The van der Waals surface area contributed by atoms with Gasteiger partial charge in [0.05, 0.1) is 0 Å². The summed E-state index contributed by atoms with van der Waals surface area (Å²) < 4.78 is 0. The minimum absolute atomic E-state index is 0.719. The molecule has 0 fully saturated rings. The van der Waals surface area contributed by atoms with Crippen LogP contribution in [0.5, 0.6) is 0 Å². The Morgan fingerprint density at radius 2 is 0.700 bits per heavy atom. The van der Waals surface area contributed by atoms with Crippen LogP contribution in [-0.4, -0.2) is 12.6 Å². The van der Waals surface area contributed by atoms with E-state index in [4.69, 9.17) is 0 Å². The Kier molecular flexibility index (Phi) is 27.0. The predicted octanol–water partition coefficient (Wildman–Crippen LogP) is 10.4. The number of hydrogen-bond acceptors (Lipinski definition) is 1. The van der Waals surface area contributed by atoms with Crippen molar-refractivity contribution in [2.45, 2.75) is 181 Å². The Hall–Kier alpha value is -0.0400. The summed E-state index contributed by atoms with van der Waals surface area (Å²) in [4.78, 5) is 0. The van der Waals surface area contributed by atoms with E-state index in [0.29, 0.717) is 0 Å². The first-order valence-corrected chi connectivity index (χ1v) is 14.5. The Bertz CT molecular complexity index is 288. The minimum Gasteiger partial charge on any atom is -0.314 e. The van der Waals surface area contributed by atoms with Crippen molar-refractivity contribution in [3.05, 3.63) is 0 Å². The molecule has 1 unspecified atom stereocenters. The second-order valence-electron chi connectivity index (χ2n) is 10.1. The first kappa shape index (κ1) is 30.0. The van der Waals surface area contributed by atoms with Crippen LogP contribution in [0.1, 0.15) is 175 Å². The third-order valence-corrected chi connectivity index (χ3v) is 6.76. The molecule has 0 heterocycles. The molecule has 1 nitrogen and oxygen atoms in total. The summed E-state index contributed by atoms with van der Waals surface area (Å²) in [5, 5.41) is 3.75. The van der Waals surface area contributed by atoms with Crippen LogP contribution in [-0.2, 0) is 0 Å². The molecule has 0 saturated heterocycles. The summed E-state index contributed by atoms with van der Waals surface area (Å²) in [6.45, 7) is 8.22. The monoisotopic (exact) mass is 423 g/mol. The van der Waals surface area contributed by atoms with Crippen molar-refractivity contribution >= 4 is 0 Å². The van der Waals surface area contributed by atoms with E-state index in [1.165, 1.54) is 161 Å². The third-order valence-electron chi connectivity index (χ3n) is 6.76. The van der Waals surface area contributed by atoms with Crippen molar-refractivity contribution in [2.24, 2.45) is 0 Å². The fourth-order valence-corrected chi connectivity index (χ4v) is 4.53. The van der Waals surface area contributed by atoms with E-state index in [-0.39, 0.29) is 0 Å². The van der Waals surface area contributed by atoms with Gasteiger partial charge in [-0.05, 0) is 26.3 Å². The maximum Gasteiger partial charge on any atom is 0.00387 e. The number of hydrogen-bond donors (Lipinski definition) is 1. The van der Waals surface area contributed by atoms with Crippen LogP contribution in [0.15, 0.2) is 0 Å². The molecule has 0 saturated carbocycles. The van der Waals surface area contributed by atoms with Crippen LogP contribution in [0.2, 0.25) is 0 Å². The molecule has 0 aromatic heterocycles. The second-order valence-corrected chi connectivity index (χ2v) is 10.1. The molecule has 1 atom stereocenters. The van der Waals surface area contributed by atoms with Crippen molar-refractivity contribution in [2.75, 3.05) is 6.54 Å². The van der Waals surface area contributed by atoms with E-state index in [1.54, 1.807) is 0 Å². The highest BCUT2D eigenvalue weighted by molar-refractivity contribution is 4.61. The lowest BCUT2D eigenvalue weighted by molar-refractivity contribution is 0.462. The highest BCUT2D eigenvalue weighted by atomic mass is 14.9. The minimum atomic E-state index is 0.719. The molecule has 0 bridgehead atoms. The Morgan fingerprint density at radius 3 is 1.07 bits per heavy atom. The van der Waals surface area contributed by atoms with Gasteiger partial charge in [0.2, 0.25) is 0 Å². The number of rotatable bonds is 26. The van der Waals surface area contributed by atoms with Crippen LogP contribution in [0, 0.1) is 0 Å². The predicted molar refractivity (Wildman–Crippen MR) is 140 cm³/mol. The summed E-state index contributed by atoms with van der Waals surface area (Å²) >= 11 is 0. The van der Waals surface area contributed by atoms with Gasteiger partial charge in [0.15, 0.2) is 0 Å². The normalized spacial score (nSPS) is 12.5. The van der Waals surface area contributed by atoms with Gasteiger partial charge >= 0.3 is 0 Å². The lowest BCUT2D eigenvalue weighted by atomic mass is 10.0. The summed E-state index contributed by atoms with van der Waals surface area (Å²) in [5.74, 6) is 0. The molecule has 0 aliphatic rings. The van der Waals surface area contributed by atoms with Gasteiger partial charge < -0.3 is 5.32 Å². The number of nitrogens with one attached hydrogen (secondary N) is 1. The summed E-state index contributed by atoms with van der Waals surface area (Å²) in [7, 11) is 0. The Labute approximate surface area is 193 Å². The second kappa shape index (κ2) is 27.0. The van der Waals surface area contributed by atoms with Crippen molar-refractivity contribution in [1.82, 2.24) is 5.32 Å². The molecule has 0 aliphatic carbocycles. The highest BCUT2D eigenvalue weighted by Gasteiger charge is 2.01. The zero-order valence-electron chi connectivity index (χ0n) is 21.8. The summed E-state index contributed by atoms with van der Waals surface area (Å²) in [5.41, 5.74) is 0. The van der Waals surface area contributed by atoms with Crippen LogP contribution in [0.25, 0.3) is 0 Å². The molecule has 0 radical (unpaired) electrons. The highest BCUT2D eigenvalue weighted by Crippen LogP contribution is 2.14. The molecule has 0 rings (SSSR count).